The summed E-state index contributed by atoms with van der Waals surface area (Å²) in [4.78, 5) is 16.5. The van der Waals surface area contributed by atoms with E-state index in [-0.39, 0.29) is 20.6 Å². The quantitative estimate of drug-likeness (QED) is 0.490. The summed E-state index contributed by atoms with van der Waals surface area (Å²) < 4.78 is 13.8. The van der Waals surface area contributed by atoms with E-state index in [1.807, 2.05) is 5.01 Å². The van der Waals surface area contributed by atoms with Crippen LogP contribution in [0.2, 0.25) is 0 Å². The molecule has 0 aromatic heterocycles. The van der Waals surface area contributed by atoms with Crippen molar-refractivity contribution < 1.29 is 14.3 Å². The minimum atomic E-state index is -0.593. The van der Waals surface area contributed by atoms with Crippen LogP contribution in [0.1, 0.15) is 18.4 Å². The Bertz CT molecular complexity index is 733. The monoisotopic (exact) mass is 463 g/mol. The first-order valence-corrected chi connectivity index (χ1v) is 9.27. The predicted octanol–water partition coefficient (Wildman–Crippen LogP) is 3.63. The molecule has 1 fully saturated rings. The first-order valence-electron chi connectivity index (χ1n) is 6.87. The van der Waals surface area contributed by atoms with Crippen molar-refractivity contribution in [1.82, 2.24) is 10.4 Å². The van der Waals surface area contributed by atoms with Crippen molar-refractivity contribution in [3.8, 4) is 5.75 Å². The van der Waals surface area contributed by atoms with Gasteiger partial charge in [0.2, 0.25) is 0 Å². The van der Waals surface area contributed by atoms with Crippen molar-refractivity contribution >= 4 is 60.8 Å². The van der Waals surface area contributed by atoms with Crippen molar-refractivity contribution in [2.45, 2.75) is 12.8 Å². The van der Waals surface area contributed by atoms with Gasteiger partial charge in [0.05, 0.1) is 13.9 Å². The number of aliphatic imine (C=N–C) groups is 1. The number of thioether (sulfide) groups is 1. The van der Waals surface area contributed by atoms with Gasteiger partial charge in [0.15, 0.2) is 11.0 Å². The summed E-state index contributed by atoms with van der Waals surface area (Å²) in [6.45, 7) is 1.65. The third kappa shape index (κ3) is 3.47. The van der Waals surface area contributed by atoms with E-state index in [0.29, 0.717) is 15.6 Å². The van der Waals surface area contributed by atoms with E-state index in [2.05, 4.69) is 42.3 Å². The summed E-state index contributed by atoms with van der Waals surface area (Å²) >= 11 is 7.32. The van der Waals surface area contributed by atoms with Crippen LogP contribution in [0.4, 0.5) is 4.39 Å². The molecule has 2 aliphatic rings. The molecular weight excluding hydrogens is 453 g/mol. The van der Waals surface area contributed by atoms with Crippen LogP contribution in [0.15, 0.2) is 24.9 Å². The number of hydrogen-bond donors (Lipinski definition) is 2. The zero-order valence-electron chi connectivity index (χ0n) is 11.8. The van der Waals surface area contributed by atoms with Crippen LogP contribution >= 0.6 is 43.6 Å². The Morgan fingerprint density at radius 2 is 2.22 bits per heavy atom. The Balaban J connectivity index is 1.86. The second-order valence-electron chi connectivity index (χ2n) is 5.00. The largest absolute Gasteiger partial charge is 0.506 e. The number of phenols is 1. The average molecular weight is 465 g/mol. The number of amidine groups is 1. The molecule has 5 nitrogen and oxygen atoms in total. The maximum atomic E-state index is 13.7. The number of hydrogen-bond acceptors (Lipinski definition) is 5. The van der Waals surface area contributed by atoms with E-state index in [1.54, 1.807) is 0 Å². The van der Waals surface area contributed by atoms with Gasteiger partial charge in [-0.2, -0.15) is 4.99 Å². The lowest BCUT2D eigenvalue weighted by Crippen LogP contribution is -2.45. The lowest BCUT2D eigenvalue weighted by molar-refractivity contribution is -0.113. The van der Waals surface area contributed by atoms with Crippen LogP contribution in [0.5, 0.6) is 5.75 Å². The van der Waals surface area contributed by atoms with E-state index < -0.39 is 5.82 Å². The molecule has 1 amide bonds. The molecule has 0 aliphatic carbocycles. The van der Waals surface area contributed by atoms with E-state index in [9.17, 15) is 14.3 Å². The standard InChI is InChI=1S/C14H12Br2FN3O2S/c15-8-5-7(12(21)10(16)11(8)17)6-9-13(22)19-14(23-9)20-4-2-1-3-18-20/h5-6,18,21H,1-4H2/b9-6-. The van der Waals surface area contributed by atoms with Crippen molar-refractivity contribution in [2.24, 2.45) is 4.99 Å². The third-order valence-electron chi connectivity index (χ3n) is 3.40. The van der Waals surface area contributed by atoms with Gasteiger partial charge in [0, 0.05) is 18.7 Å². The predicted molar refractivity (Wildman–Crippen MR) is 95.4 cm³/mol. The molecule has 0 unspecified atom stereocenters. The van der Waals surface area contributed by atoms with Gasteiger partial charge < -0.3 is 5.11 Å². The van der Waals surface area contributed by atoms with Gasteiger partial charge in [-0.1, -0.05) is 0 Å². The summed E-state index contributed by atoms with van der Waals surface area (Å²) in [5.41, 5.74) is 3.53. The second kappa shape index (κ2) is 6.92. The minimum absolute atomic E-state index is 0.0481. The Labute approximate surface area is 153 Å². The highest BCUT2D eigenvalue weighted by Crippen LogP contribution is 2.38. The Hall–Kier alpha value is -0.900. The molecule has 2 aliphatic heterocycles. The van der Waals surface area contributed by atoms with Crippen LogP contribution in [0.3, 0.4) is 0 Å². The van der Waals surface area contributed by atoms with Crippen LogP contribution in [-0.4, -0.2) is 34.3 Å². The molecule has 1 aromatic carbocycles. The molecule has 1 aromatic rings. The smallest absolute Gasteiger partial charge is 0.286 e. The van der Waals surface area contributed by atoms with Crippen molar-refractivity contribution in [3.05, 3.63) is 31.3 Å². The number of benzene rings is 1. The topological polar surface area (TPSA) is 64.9 Å². The van der Waals surface area contributed by atoms with Gasteiger partial charge in [-0.15, -0.1) is 0 Å². The van der Waals surface area contributed by atoms with E-state index >= 15 is 0 Å². The molecule has 2 N–H and O–H groups in total. The summed E-state index contributed by atoms with van der Waals surface area (Å²) in [6.07, 6.45) is 3.65. The molecule has 2 heterocycles. The zero-order chi connectivity index (χ0) is 16.6. The number of hydrazine groups is 1. The SMILES string of the molecule is O=C1N=C(N2CCCCN2)S/C1=C\c1cc(Br)c(F)c(Br)c1O. The lowest BCUT2D eigenvalue weighted by atomic mass is 10.2. The number of aromatic hydroxyl groups is 1. The third-order valence-corrected chi connectivity index (χ3v) is 5.71. The highest BCUT2D eigenvalue weighted by atomic mass is 79.9. The first-order chi connectivity index (χ1) is 11.0. The molecule has 122 valence electrons. The summed E-state index contributed by atoms with van der Waals surface area (Å²) in [5.74, 6) is -1.21. The van der Waals surface area contributed by atoms with Crippen LogP contribution in [-0.2, 0) is 4.79 Å². The number of carbonyl (C=O) groups is 1. The molecular formula is C14H12Br2FN3O2S. The zero-order valence-corrected chi connectivity index (χ0v) is 15.8. The molecule has 9 heteroatoms. The van der Waals surface area contributed by atoms with Crippen molar-refractivity contribution in [2.75, 3.05) is 13.1 Å². The van der Waals surface area contributed by atoms with Crippen molar-refractivity contribution in [1.29, 1.82) is 0 Å². The lowest BCUT2D eigenvalue weighted by Gasteiger charge is -2.28. The summed E-state index contributed by atoms with van der Waals surface area (Å²) in [5, 5.41) is 12.5. The molecule has 0 saturated carbocycles. The maximum Gasteiger partial charge on any atom is 0.286 e. The molecule has 1 saturated heterocycles. The molecule has 0 radical (unpaired) electrons. The maximum absolute atomic E-state index is 13.7. The summed E-state index contributed by atoms with van der Waals surface area (Å²) in [6, 6.07) is 1.42. The Morgan fingerprint density at radius 1 is 1.43 bits per heavy atom. The molecule has 3 rings (SSSR count). The van der Waals surface area contributed by atoms with Crippen LogP contribution in [0.25, 0.3) is 6.08 Å². The number of carbonyl (C=O) groups excluding carboxylic acids is 1. The fourth-order valence-corrected chi connectivity index (χ4v) is 4.28. The second-order valence-corrected chi connectivity index (χ2v) is 7.66. The fourth-order valence-electron chi connectivity index (χ4n) is 2.22. The highest BCUT2D eigenvalue weighted by molar-refractivity contribution is 9.11. The fraction of sp³-hybridized carbons (Fsp3) is 0.286. The minimum Gasteiger partial charge on any atom is -0.506 e. The van der Waals surface area contributed by atoms with Crippen molar-refractivity contribution in [3.63, 3.8) is 0 Å². The molecule has 0 bridgehead atoms. The number of phenolic OH excluding ortho intramolecular Hbond substituents is 1. The number of halogens is 3. The average Bonchev–Trinajstić information content (AvgIpc) is 2.92. The van der Waals surface area contributed by atoms with Gasteiger partial charge >= 0.3 is 0 Å². The molecule has 23 heavy (non-hydrogen) atoms. The van der Waals surface area contributed by atoms with E-state index in [4.69, 9.17) is 0 Å². The Kier molecular flexibility index (Phi) is 5.10. The number of nitrogens with zero attached hydrogens (tertiary/aromatic N) is 2. The van der Waals surface area contributed by atoms with Gasteiger partial charge in [-0.3, -0.25) is 9.80 Å². The van der Waals surface area contributed by atoms with Gasteiger partial charge in [0.1, 0.15) is 5.75 Å². The van der Waals surface area contributed by atoms with Gasteiger partial charge in [-0.05, 0) is 68.6 Å². The Morgan fingerprint density at radius 3 is 2.91 bits per heavy atom. The van der Waals surface area contributed by atoms with Gasteiger partial charge in [-0.25, -0.2) is 9.82 Å². The van der Waals surface area contributed by atoms with E-state index in [0.717, 1.165) is 25.9 Å². The first kappa shape index (κ1) is 16.9. The number of nitrogens with one attached hydrogen (secondary N) is 1. The molecule has 0 atom stereocenters. The van der Waals surface area contributed by atoms with E-state index in [1.165, 1.54) is 23.9 Å². The number of amides is 1. The summed E-state index contributed by atoms with van der Waals surface area (Å²) in [7, 11) is 0. The highest BCUT2D eigenvalue weighted by Gasteiger charge is 2.27. The normalized spacial score (nSPS) is 20.3. The molecule has 0 spiro atoms. The van der Waals surface area contributed by atoms with Crippen LogP contribution < -0.4 is 5.43 Å². The van der Waals surface area contributed by atoms with Gasteiger partial charge in [0.25, 0.3) is 5.91 Å². The van der Waals surface area contributed by atoms with Crippen LogP contribution in [0, 0.1) is 5.82 Å². The number of rotatable bonds is 1.